The van der Waals surface area contributed by atoms with Crippen LogP contribution in [0.25, 0.3) is 10.9 Å². The van der Waals surface area contributed by atoms with Crippen molar-refractivity contribution in [3.05, 3.63) is 76.1 Å². The van der Waals surface area contributed by atoms with Crippen LogP contribution >= 0.6 is 0 Å². The maximum absolute atomic E-state index is 12.9. The Morgan fingerprint density at radius 1 is 0.931 bits per heavy atom. The van der Waals surface area contributed by atoms with Crippen LogP contribution in [0.5, 0.6) is 0 Å². The molecule has 2 aromatic carbocycles. The number of amides is 1. The van der Waals surface area contributed by atoms with Gasteiger partial charge in [0.05, 0.1) is 5.56 Å². The Labute approximate surface area is 164 Å². The average Bonchev–Trinajstić information content (AvgIpc) is 2.73. The van der Waals surface area contributed by atoms with Crippen LogP contribution in [0, 0.1) is 0 Å². The summed E-state index contributed by atoms with van der Waals surface area (Å²) in [6.07, 6.45) is -4.39. The van der Waals surface area contributed by atoms with Crippen LogP contribution in [0.3, 0.4) is 0 Å². The number of rotatable bonds is 2. The number of aromatic amines is 1. The maximum Gasteiger partial charge on any atom is 0.416 e. The number of H-pyrrole nitrogens is 1. The highest BCUT2D eigenvalue weighted by molar-refractivity contribution is 5.95. The van der Waals surface area contributed by atoms with Gasteiger partial charge < -0.3 is 14.8 Å². The minimum absolute atomic E-state index is 0.209. The van der Waals surface area contributed by atoms with Crippen molar-refractivity contribution in [1.29, 1.82) is 0 Å². The van der Waals surface area contributed by atoms with Crippen LogP contribution in [0.1, 0.15) is 16.1 Å². The molecule has 150 valence electrons. The van der Waals surface area contributed by atoms with Crippen molar-refractivity contribution in [2.45, 2.75) is 6.18 Å². The van der Waals surface area contributed by atoms with E-state index >= 15 is 0 Å². The molecule has 0 aliphatic carbocycles. The van der Waals surface area contributed by atoms with Gasteiger partial charge in [-0.3, -0.25) is 9.59 Å². The van der Waals surface area contributed by atoms with Crippen molar-refractivity contribution >= 4 is 22.5 Å². The van der Waals surface area contributed by atoms with Crippen LogP contribution in [0.4, 0.5) is 18.9 Å². The lowest BCUT2D eigenvalue weighted by Gasteiger charge is -2.36. The van der Waals surface area contributed by atoms with Crippen LogP contribution in [0.15, 0.2) is 59.4 Å². The molecule has 1 aromatic heterocycles. The lowest BCUT2D eigenvalue weighted by atomic mass is 10.1. The van der Waals surface area contributed by atoms with E-state index in [4.69, 9.17) is 0 Å². The molecule has 0 radical (unpaired) electrons. The van der Waals surface area contributed by atoms with E-state index in [1.807, 2.05) is 4.90 Å². The van der Waals surface area contributed by atoms with Gasteiger partial charge in [0.2, 0.25) is 0 Å². The van der Waals surface area contributed by atoms with E-state index in [2.05, 4.69) is 4.98 Å². The summed E-state index contributed by atoms with van der Waals surface area (Å²) in [6, 6.07) is 13.4. The molecule has 4 rings (SSSR count). The number of carbonyl (C=O) groups is 1. The largest absolute Gasteiger partial charge is 0.416 e. The molecule has 8 heteroatoms. The summed E-state index contributed by atoms with van der Waals surface area (Å²) in [7, 11) is 0. The number of para-hydroxylation sites is 1. The monoisotopic (exact) mass is 401 g/mol. The molecular formula is C21H18F3N3O2. The zero-order valence-electron chi connectivity index (χ0n) is 15.4. The summed E-state index contributed by atoms with van der Waals surface area (Å²) in [4.78, 5) is 31.5. The highest BCUT2D eigenvalue weighted by Crippen LogP contribution is 2.31. The molecule has 29 heavy (non-hydrogen) atoms. The van der Waals surface area contributed by atoms with Crippen LogP contribution in [0.2, 0.25) is 0 Å². The lowest BCUT2D eigenvalue weighted by molar-refractivity contribution is -0.137. The number of pyridine rings is 1. The molecule has 1 saturated heterocycles. The Morgan fingerprint density at radius 3 is 2.38 bits per heavy atom. The molecule has 1 fully saturated rings. The first-order valence-electron chi connectivity index (χ1n) is 9.16. The molecule has 0 bridgehead atoms. The van der Waals surface area contributed by atoms with Gasteiger partial charge >= 0.3 is 6.18 Å². The second-order valence-corrected chi connectivity index (χ2v) is 6.92. The molecule has 3 aromatic rings. The number of anilines is 1. The van der Waals surface area contributed by atoms with Gasteiger partial charge in [-0.15, -0.1) is 0 Å². The Kier molecular flexibility index (Phi) is 4.77. The molecule has 2 heterocycles. The minimum Gasteiger partial charge on any atom is -0.368 e. The summed E-state index contributed by atoms with van der Waals surface area (Å²) < 4.78 is 38.8. The topological polar surface area (TPSA) is 56.4 Å². The van der Waals surface area contributed by atoms with Gasteiger partial charge in [0.15, 0.2) is 5.43 Å². The first kappa shape index (κ1) is 19.0. The summed E-state index contributed by atoms with van der Waals surface area (Å²) in [5.74, 6) is -0.295. The van der Waals surface area contributed by atoms with Gasteiger partial charge in [-0.2, -0.15) is 13.2 Å². The number of nitrogens with one attached hydrogen (secondary N) is 1. The third kappa shape index (κ3) is 3.83. The highest BCUT2D eigenvalue weighted by Gasteiger charge is 2.31. The third-order valence-corrected chi connectivity index (χ3v) is 5.07. The van der Waals surface area contributed by atoms with Gasteiger partial charge in [0.1, 0.15) is 5.69 Å². The van der Waals surface area contributed by atoms with Crippen molar-refractivity contribution in [3.8, 4) is 0 Å². The van der Waals surface area contributed by atoms with Crippen molar-refractivity contribution in [3.63, 3.8) is 0 Å². The van der Waals surface area contributed by atoms with Crippen molar-refractivity contribution in [2.75, 3.05) is 31.1 Å². The summed E-state index contributed by atoms with van der Waals surface area (Å²) in [5.41, 5.74) is 0.353. The number of alkyl halides is 3. The van der Waals surface area contributed by atoms with Crippen molar-refractivity contribution in [2.24, 2.45) is 0 Å². The zero-order valence-corrected chi connectivity index (χ0v) is 15.4. The van der Waals surface area contributed by atoms with Gasteiger partial charge in [0, 0.05) is 48.8 Å². The van der Waals surface area contributed by atoms with Crippen molar-refractivity contribution < 1.29 is 18.0 Å². The molecule has 1 aliphatic heterocycles. The summed E-state index contributed by atoms with van der Waals surface area (Å²) in [5, 5.41) is 0.512. The van der Waals surface area contributed by atoms with E-state index in [1.54, 1.807) is 35.2 Å². The number of nitrogens with zero attached hydrogens (tertiary/aromatic N) is 2. The van der Waals surface area contributed by atoms with Gasteiger partial charge in [-0.25, -0.2) is 0 Å². The SMILES string of the molecule is O=C(c1cc(=O)c2ccccc2[nH]1)N1CCN(c2cccc(C(F)(F)F)c2)CC1. The quantitative estimate of drug-likeness (QED) is 0.715. The predicted octanol–water partition coefficient (Wildman–Crippen LogP) is 3.51. The average molecular weight is 401 g/mol. The zero-order chi connectivity index (χ0) is 20.6. The number of aromatic nitrogens is 1. The van der Waals surface area contributed by atoms with E-state index in [0.29, 0.717) is 42.8 Å². The number of carbonyl (C=O) groups excluding carboxylic acids is 1. The minimum atomic E-state index is -4.39. The Bertz CT molecular complexity index is 1120. The number of hydrogen-bond donors (Lipinski definition) is 1. The second kappa shape index (κ2) is 7.27. The number of hydrogen-bond acceptors (Lipinski definition) is 3. The Hall–Kier alpha value is -3.29. The normalized spacial score (nSPS) is 15.0. The first-order valence-corrected chi connectivity index (χ1v) is 9.16. The third-order valence-electron chi connectivity index (χ3n) is 5.07. The fourth-order valence-electron chi connectivity index (χ4n) is 3.53. The number of halogens is 3. The van der Waals surface area contributed by atoms with E-state index in [0.717, 1.165) is 12.1 Å². The van der Waals surface area contributed by atoms with Gasteiger partial charge in [-0.05, 0) is 30.3 Å². The lowest BCUT2D eigenvalue weighted by Crippen LogP contribution is -2.49. The van der Waals surface area contributed by atoms with Crippen LogP contribution in [-0.4, -0.2) is 42.0 Å². The van der Waals surface area contributed by atoms with Gasteiger partial charge in [-0.1, -0.05) is 18.2 Å². The second-order valence-electron chi connectivity index (χ2n) is 6.92. The molecular weight excluding hydrogens is 383 g/mol. The molecule has 0 atom stereocenters. The fourth-order valence-corrected chi connectivity index (χ4v) is 3.53. The number of piperazine rings is 1. The van der Waals surface area contributed by atoms with E-state index in [9.17, 15) is 22.8 Å². The molecule has 1 N–H and O–H groups in total. The van der Waals surface area contributed by atoms with Gasteiger partial charge in [0.25, 0.3) is 5.91 Å². The molecule has 1 aliphatic rings. The maximum atomic E-state index is 12.9. The first-order chi connectivity index (χ1) is 13.8. The molecule has 0 spiro atoms. The number of fused-ring (bicyclic) bond motifs is 1. The van der Waals surface area contributed by atoms with Crippen LogP contribution < -0.4 is 10.3 Å². The smallest absolute Gasteiger partial charge is 0.368 e. The molecule has 0 saturated carbocycles. The summed E-state index contributed by atoms with van der Waals surface area (Å²) in [6.45, 7) is 1.52. The van der Waals surface area contributed by atoms with Crippen molar-refractivity contribution in [1.82, 2.24) is 9.88 Å². The highest BCUT2D eigenvalue weighted by atomic mass is 19.4. The predicted molar refractivity (Wildman–Crippen MR) is 104 cm³/mol. The summed E-state index contributed by atoms with van der Waals surface area (Å²) >= 11 is 0. The fraction of sp³-hybridized carbons (Fsp3) is 0.238. The number of benzene rings is 2. The Morgan fingerprint density at radius 2 is 1.66 bits per heavy atom. The van der Waals surface area contributed by atoms with E-state index in [-0.39, 0.29) is 17.0 Å². The molecule has 5 nitrogen and oxygen atoms in total. The standard InChI is InChI=1S/C21H18F3N3O2/c22-21(23,24)14-4-3-5-15(12-14)26-8-10-27(11-9-26)20(29)18-13-19(28)16-6-1-2-7-17(16)25-18/h1-7,12-13H,8-11H2,(H,25,28). The Balaban J connectivity index is 1.49. The molecule has 1 amide bonds. The van der Waals surface area contributed by atoms with E-state index < -0.39 is 11.7 Å². The molecule has 0 unspecified atom stereocenters. The van der Waals surface area contributed by atoms with E-state index in [1.165, 1.54) is 12.1 Å². The van der Waals surface area contributed by atoms with Crippen LogP contribution in [-0.2, 0) is 6.18 Å².